The molecule has 0 bridgehead atoms. The predicted octanol–water partition coefficient (Wildman–Crippen LogP) is 2.80. The van der Waals surface area contributed by atoms with Crippen LogP contribution in [0.25, 0.3) is 0 Å². The minimum Gasteiger partial charge on any atom is -0.340 e. The fraction of sp³-hybridized carbons (Fsp3) is 0.235. The average Bonchev–Trinajstić information content (AvgIpc) is 2.57. The Labute approximate surface area is 151 Å². The minimum atomic E-state index is -3.82. The van der Waals surface area contributed by atoms with E-state index in [1.807, 2.05) is 0 Å². The molecule has 0 heterocycles. The SMILES string of the molecule is CC(NS(=O)(=O)c1ccccc1)C(=O)N(C)Cc1c(F)cccc1Cl. The molecule has 1 unspecified atom stereocenters. The predicted molar refractivity (Wildman–Crippen MR) is 94.1 cm³/mol. The molecule has 0 saturated carbocycles. The molecule has 0 spiro atoms. The van der Waals surface area contributed by atoms with Gasteiger partial charge >= 0.3 is 0 Å². The molecule has 2 rings (SSSR count). The van der Waals surface area contributed by atoms with Gasteiger partial charge in [0.15, 0.2) is 0 Å². The summed E-state index contributed by atoms with van der Waals surface area (Å²) in [6.07, 6.45) is 0. The van der Waals surface area contributed by atoms with Crippen molar-refractivity contribution in [2.45, 2.75) is 24.4 Å². The topological polar surface area (TPSA) is 66.5 Å². The molecular weight excluding hydrogens is 367 g/mol. The van der Waals surface area contributed by atoms with Crippen molar-refractivity contribution in [1.29, 1.82) is 0 Å². The third kappa shape index (κ3) is 4.78. The number of carbonyl (C=O) groups excluding carboxylic acids is 1. The van der Waals surface area contributed by atoms with Crippen molar-refractivity contribution in [2.24, 2.45) is 0 Å². The molecule has 1 atom stereocenters. The van der Waals surface area contributed by atoms with Gasteiger partial charge in [0.05, 0.1) is 10.9 Å². The van der Waals surface area contributed by atoms with Crippen molar-refractivity contribution in [2.75, 3.05) is 7.05 Å². The Morgan fingerprint density at radius 2 is 1.84 bits per heavy atom. The monoisotopic (exact) mass is 384 g/mol. The van der Waals surface area contributed by atoms with Crippen LogP contribution in [0.4, 0.5) is 4.39 Å². The number of sulfonamides is 1. The van der Waals surface area contributed by atoms with E-state index in [9.17, 15) is 17.6 Å². The lowest BCUT2D eigenvalue weighted by Crippen LogP contribution is -2.45. The lowest BCUT2D eigenvalue weighted by atomic mass is 10.2. The first-order valence-corrected chi connectivity index (χ1v) is 9.33. The number of rotatable bonds is 6. The summed E-state index contributed by atoms with van der Waals surface area (Å²) in [7, 11) is -2.37. The van der Waals surface area contributed by atoms with E-state index in [0.29, 0.717) is 0 Å². The Kier molecular flexibility index (Phi) is 6.16. The van der Waals surface area contributed by atoms with Crippen LogP contribution in [0.5, 0.6) is 0 Å². The molecule has 25 heavy (non-hydrogen) atoms. The molecule has 1 N–H and O–H groups in total. The van der Waals surface area contributed by atoms with E-state index >= 15 is 0 Å². The molecule has 8 heteroatoms. The maximum absolute atomic E-state index is 13.8. The fourth-order valence-corrected chi connectivity index (χ4v) is 3.72. The molecule has 5 nitrogen and oxygen atoms in total. The lowest BCUT2D eigenvalue weighted by Gasteiger charge is -2.23. The van der Waals surface area contributed by atoms with E-state index in [1.165, 1.54) is 49.2 Å². The first-order valence-electron chi connectivity index (χ1n) is 7.47. The zero-order valence-electron chi connectivity index (χ0n) is 13.7. The molecule has 0 fully saturated rings. The van der Waals surface area contributed by atoms with Gasteiger partial charge in [-0.2, -0.15) is 4.72 Å². The molecule has 0 aromatic heterocycles. The summed E-state index contributed by atoms with van der Waals surface area (Å²) < 4.78 is 40.7. The molecule has 0 aliphatic heterocycles. The van der Waals surface area contributed by atoms with Crippen LogP contribution in [0.1, 0.15) is 12.5 Å². The van der Waals surface area contributed by atoms with E-state index in [1.54, 1.807) is 18.2 Å². The smallest absolute Gasteiger partial charge is 0.241 e. The van der Waals surface area contributed by atoms with Gasteiger partial charge in [-0.25, -0.2) is 12.8 Å². The fourth-order valence-electron chi connectivity index (χ4n) is 2.28. The summed E-state index contributed by atoms with van der Waals surface area (Å²) in [6.45, 7) is 1.37. The summed E-state index contributed by atoms with van der Waals surface area (Å²) in [5.74, 6) is -1.02. The second-order valence-corrected chi connectivity index (χ2v) is 7.67. The van der Waals surface area contributed by atoms with E-state index in [0.717, 1.165) is 0 Å². The van der Waals surface area contributed by atoms with Crippen molar-refractivity contribution < 1.29 is 17.6 Å². The first kappa shape index (κ1) is 19.4. The normalized spacial score (nSPS) is 12.6. The number of nitrogens with zero attached hydrogens (tertiary/aromatic N) is 1. The van der Waals surface area contributed by atoms with Crippen LogP contribution in [0.2, 0.25) is 5.02 Å². The van der Waals surface area contributed by atoms with Gasteiger partial charge in [-0.15, -0.1) is 0 Å². The van der Waals surface area contributed by atoms with Gasteiger partial charge in [-0.1, -0.05) is 35.9 Å². The number of likely N-dealkylation sites (N-methyl/N-ethyl adjacent to an activating group) is 1. The first-order chi connectivity index (χ1) is 11.7. The van der Waals surface area contributed by atoms with Crippen molar-refractivity contribution in [3.63, 3.8) is 0 Å². The van der Waals surface area contributed by atoms with E-state index in [4.69, 9.17) is 11.6 Å². The molecule has 0 aliphatic rings. The van der Waals surface area contributed by atoms with Crippen LogP contribution in [0.15, 0.2) is 53.4 Å². The average molecular weight is 385 g/mol. The van der Waals surface area contributed by atoms with Crippen molar-refractivity contribution in [1.82, 2.24) is 9.62 Å². The van der Waals surface area contributed by atoms with Gasteiger partial charge in [0.25, 0.3) is 0 Å². The van der Waals surface area contributed by atoms with E-state index in [-0.39, 0.29) is 22.0 Å². The molecule has 2 aromatic rings. The largest absolute Gasteiger partial charge is 0.340 e. The minimum absolute atomic E-state index is 0.0643. The number of hydrogen-bond acceptors (Lipinski definition) is 3. The molecule has 1 amide bonds. The molecule has 0 saturated heterocycles. The Morgan fingerprint density at radius 3 is 2.44 bits per heavy atom. The number of carbonyl (C=O) groups is 1. The van der Waals surface area contributed by atoms with Crippen LogP contribution in [0, 0.1) is 5.82 Å². The second kappa shape index (κ2) is 7.95. The number of benzene rings is 2. The van der Waals surface area contributed by atoms with E-state index < -0.39 is 27.8 Å². The lowest BCUT2D eigenvalue weighted by molar-refractivity contribution is -0.131. The van der Waals surface area contributed by atoms with Gasteiger partial charge in [0.1, 0.15) is 5.82 Å². The highest BCUT2D eigenvalue weighted by molar-refractivity contribution is 7.89. The number of hydrogen-bond donors (Lipinski definition) is 1. The highest BCUT2D eigenvalue weighted by Crippen LogP contribution is 2.20. The molecule has 2 aromatic carbocycles. The Morgan fingerprint density at radius 1 is 1.20 bits per heavy atom. The number of amides is 1. The maximum atomic E-state index is 13.8. The third-order valence-corrected chi connectivity index (χ3v) is 5.50. The number of halogens is 2. The molecule has 0 radical (unpaired) electrons. The summed E-state index contributed by atoms with van der Waals surface area (Å²) in [6, 6.07) is 11.0. The highest BCUT2D eigenvalue weighted by atomic mass is 35.5. The van der Waals surface area contributed by atoms with Crippen molar-refractivity contribution in [3.05, 3.63) is 64.9 Å². The standard InChI is InChI=1S/C17H18ClFN2O3S/c1-12(20-25(23,24)13-7-4-3-5-8-13)17(22)21(2)11-14-15(18)9-6-10-16(14)19/h3-10,12,20H,11H2,1-2H3. The van der Waals surface area contributed by atoms with Crippen LogP contribution in [0.3, 0.4) is 0 Å². The molecule has 134 valence electrons. The Hall–Kier alpha value is -1.96. The Bertz CT molecular complexity index is 839. The summed E-state index contributed by atoms with van der Waals surface area (Å²) in [5.41, 5.74) is 0.179. The summed E-state index contributed by atoms with van der Waals surface area (Å²) in [4.78, 5) is 13.7. The Balaban J connectivity index is 2.09. The van der Waals surface area contributed by atoms with Crippen LogP contribution in [-0.2, 0) is 21.4 Å². The van der Waals surface area contributed by atoms with Gasteiger partial charge in [0.2, 0.25) is 15.9 Å². The zero-order valence-corrected chi connectivity index (χ0v) is 15.3. The van der Waals surface area contributed by atoms with Gasteiger partial charge in [0, 0.05) is 24.2 Å². The van der Waals surface area contributed by atoms with Crippen LogP contribution < -0.4 is 4.72 Å². The van der Waals surface area contributed by atoms with E-state index in [2.05, 4.69) is 4.72 Å². The van der Waals surface area contributed by atoms with Crippen molar-refractivity contribution in [3.8, 4) is 0 Å². The van der Waals surface area contributed by atoms with Gasteiger partial charge in [-0.05, 0) is 31.2 Å². The maximum Gasteiger partial charge on any atom is 0.241 e. The van der Waals surface area contributed by atoms with Crippen LogP contribution >= 0.6 is 11.6 Å². The number of nitrogens with one attached hydrogen (secondary N) is 1. The third-order valence-electron chi connectivity index (χ3n) is 3.59. The zero-order chi connectivity index (χ0) is 18.6. The molecule has 0 aliphatic carbocycles. The van der Waals surface area contributed by atoms with Gasteiger partial charge < -0.3 is 4.90 Å². The second-order valence-electron chi connectivity index (χ2n) is 5.55. The quantitative estimate of drug-likeness (QED) is 0.832. The molecular formula is C17H18ClFN2O3S. The van der Waals surface area contributed by atoms with Crippen molar-refractivity contribution >= 4 is 27.5 Å². The summed E-state index contributed by atoms with van der Waals surface area (Å²) in [5, 5.41) is 0.206. The highest BCUT2D eigenvalue weighted by Gasteiger charge is 2.25. The van der Waals surface area contributed by atoms with Crippen LogP contribution in [-0.4, -0.2) is 32.3 Å². The summed E-state index contributed by atoms with van der Waals surface area (Å²) >= 11 is 5.95. The van der Waals surface area contributed by atoms with Gasteiger partial charge in [-0.3, -0.25) is 4.79 Å².